The lowest BCUT2D eigenvalue weighted by Crippen LogP contribution is -2.21. The van der Waals surface area contributed by atoms with E-state index in [2.05, 4.69) is 0 Å². The maximum Gasteiger partial charge on any atom is 0.0765 e. The Balaban J connectivity index is 2.40. The molecule has 5 heteroatoms. The van der Waals surface area contributed by atoms with Crippen LogP contribution >= 0.6 is 34.0 Å². The van der Waals surface area contributed by atoms with Crippen molar-refractivity contribution in [3.63, 3.8) is 0 Å². The van der Waals surface area contributed by atoms with Crippen LogP contribution in [0.1, 0.15) is 0 Å². The molecule has 2 N–H and O–H groups in total. The van der Waals surface area contributed by atoms with E-state index >= 15 is 0 Å². The van der Waals surface area contributed by atoms with Crippen LogP contribution in [0, 0.1) is 0 Å². The van der Waals surface area contributed by atoms with E-state index < -0.39 is 0 Å². The summed E-state index contributed by atoms with van der Waals surface area (Å²) in [6.45, 7) is 0.741. The predicted molar refractivity (Wildman–Crippen MR) is 38.7 cm³/mol. The molecule has 0 amide bonds. The minimum atomic E-state index is 0.741. The van der Waals surface area contributed by atoms with Gasteiger partial charge >= 0.3 is 0 Å². The van der Waals surface area contributed by atoms with Gasteiger partial charge < -0.3 is 0 Å². The van der Waals surface area contributed by atoms with E-state index in [0.29, 0.717) is 0 Å². The molecule has 1 aliphatic rings. The largest absolute Gasteiger partial charge is 0.258 e. The summed E-state index contributed by atoms with van der Waals surface area (Å²) in [6, 6.07) is 0. The lowest BCUT2D eigenvalue weighted by Gasteiger charge is -1.97. The van der Waals surface area contributed by atoms with Crippen LogP contribution in [0.2, 0.25) is 0 Å². The number of thiocarbonyl (C=S) groups is 1. The molecular weight excluding hydrogens is 148 g/mol. The van der Waals surface area contributed by atoms with Gasteiger partial charge in [0.15, 0.2) is 0 Å². The minimum absolute atomic E-state index is 0.741. The molecule has 40 valence electrons. The summed E-state index contributed by atoms with van der Waals surface area (Å²) in [4.78, 5) is 0. The molecule has 2 nitrogen and oxygen atoms in total. The molecule has 0 unspecified atom stereocenters. The van der Waals surface area contributed by atoms with Gasteiger partial charge in [-0.3, -0.25) is 5.84 Å². The molecule has 7 heavy (non-hydrogen) atoms. The third kappa shape index (κ3) is 1.58. The van der Waals surface area contributed by atoms with Gasteiger partial charge in [-0.05, 0) is 10.8 Å². The van der Waals surface area contributed by atoms with Crippen molar-refractivity contribution in [2.24, 2.45) is 5.84 Å². The summed E-state index contributed by atoms with van der Waals surface area (Å²) in [5.41, 5.74) is 0. The average Bonchev–Trinajstić information content (AvgIpc) is 1.87. The van der Waals surface area contributed by atoms with Gasteiger partial charge in [-0.1, -0.05) is 12.2 Å². The fraction of sp³-hybridized carbons (Fsp3) is 0.500. The summed E-state index contributed by atoms with van der Waals surface area (Å²) < 4.78 is 2.58. The fourth-order valence-corrected chi connectivity index (χ4v) is 2.25. The Kier molecular flexibility index (Phi) is 1.94. The van der Waals surface area contributed by atoms with Gasteiger partial charge in [0.05, 0.1) is 10.7 Å². The van der Waals surface area contributed by atoms with Crippen LogP contribution in [0.4, 0.5) is 0 Å². The lowest BCUT2D eigenvalue weighted by molar-refractivity contribution is 0.585. The van der Waals surface area contributed by atoms with Crippen LogP contribution in [-0.2, 0) is 0 Å². The van der Waals surface area contributed by atoms with Gasteiger partial charge in [-0.15, -0.1) is 0 Å². The molecule has 0 saturated carbocycles. The molecule has 1 rings (SSSR count). The smallest absolute Gasteiger partial charge is 0.0765 e. The summed E-state index contributed by atoms with van der Waals surface area (Å²) in [7, 11) is 3.05. The van der Waals surface area contributed by atoms with Gasteiger partial charge in [-0.25, -0.2) is 0 Å². The Hall–Kier alpha value is 0.710. The highest BCUT2D eigenvalue weighted by molar-refractivity contribution is 8.83. The van der Waals surface area contributed by atoms with Crippen molar-refractivity contribution in [1.29, 1.82) is 0 Å². The van der Waals surface area contributed by atoms with E-state index in [0.717, 1.165) is 10.7 Å². The lowest BCUT2D eigenvalue weighted by atomic mass is 10.8. The fourth-order valence-electron chi connectivity index (χ4n) is 0.269. The Labute approximate surface area is 55.3 Å². The number of hydrogen-bond acceptors (Lipinski definition) is 5. The van der Waals surface area contributed by atoms with E-state index in [1.165, 1.54) is 11.0 Å². The molecule has 0 radical (unpaired) electrons. The molecule has 1 heterocycles. The Morgan fingerprint density at radius 2 is 2.57 bits per heavy atom. The molecular formula is C2H4N2S3. The molecule has 1 saturated heterocycles. The highest BCUT2D eigenvalue weighted by Gasteiger charge is 2.13. The summed E-state index contributed by atoms with van der Waals surface area (Å²) >= 11 is 4.82. The Bertz CT molecular complexity index is 92.9. The molecule has 0 bridgehead atoms. The van der Waals surface area contributed by atoms with E-state index in [-0.39, 0.29) is 0 Å². The number of hydrazine groups is 1. The quantitative estimate of drug-likeness (QED) is 0.240. The Morgan fingerprint density at radius 3 is 2.71 bits per heavy atom. The summed E-state index contributed by atoms with van der Waals surface area (Å²) in [5.74, 6) is 5.31. The minimum Gasteiger partial charge on any atom is -0.258 e. The topological polar surface area (TPSA) is 29.3 Å². The van der Waals surface area contributed by atoms with E-state index in [1.807, 2.05) is 0 Å². The summed E-state index contributed by atoms with van der Waals surface area (Å²) in [6.07, 6.45) is 0. The molecule has 0 aromatic rings. The monoisotopic (exact) mass is 152 g/mol. The van der Waals surface area contributed by atoms with Crippen LogP contribution in [0.15, 0.2) is 0 Å². The van der Waals surface area contributed by atoms with Crippen LogP contribution in [0.5, 0.6) is 0 Å². The van der Waals surface area contributed by atoms with Crippen molar-refractivity contribution in [1.82, 2.24) is 4.41 Å². The van der Waals surface area contributed by atoms with Gasteiger partial charge in [-0.2, -0.15) is 4.41 Å². The third-order valence-electron chi connectivity index (χ3n) is 0.511. The van der Waals surface area contributed by atoms with E-state index in [4.69, 9.17) is 18.1 Å². The first-order valence-corrected chi connectivity index (χ1v) is 4.20. The number of hydrogen-bond donors (Lipinski definition) is 1. The van der Waals surface area contributed by atoms with E-state index in [9.17, 15) is 0 Å². The third-order valence-corrected chi connectivity index (χ3v) is 3.32. The maximum atomic E-state index is 5.31. The average molecular weight is 152 g/mol. The second-order valence-corrected chi connectivity index (χ2v) is 4.08. The van der Waals surface area contributed by atoms with Gasteiger partial charge in [0, 0.05) is 11.0 Å². The zero-order valence-electron chi connectivity index (χ0n) is 3.46. The van der Waals surface area contributed by atoms with Crippen molar-refractivity contribution in [3.05, 3.63) is 0 Å². The maximum absolute atomic E-state index is 5.31. The number of nitrogens with two attached hydrogens (primary N) is 1. The number of rotatable bonds is 0. The van der Waals surface area contributed by atoms with Crippen LogP contribution in [0.3, 0.4) is 0 Å². The van der Waals surface area contributed by atoms with E-state index in [1.54, 1.807) is 15.2 Å². The highest BCUT2D eigenvalue weighted by atomic mass is 33.1. The molecule has 0 atom stereocenters. The molecule has 1 aliphatic heterocycles. The number of nitrogens with zero attached hydrogens (tertiary/aromatic N) is 1. The van der Waals surface area contributed by atoms with Gasteiger partial charge in [0.25, 0.3) is 0 Å². The molecule has 1 fully saturated rings. The predicted octanol–water partition coefficient (Wildman–Crippen LogP) is 0.799. The standard InChI is InChI=1S/C2H4N2S3/c3-4-1-2(5)6-7-4/h1,3H2. The van der Waals surface area contributed by atoms with Crippen LogP contribution in [-0.4, -0.2) is 15.2 Å². The van der Waals surface area contributed by atoms with Crippen LogP contribution in [0.25, 0.3) is 0 Å². The second kappa shape index (κ2) is 2.32. The van der Waals surface area contributed by atoms with Crippen molar-refractivity contribution < 1.29 is 0 Å². The first kappa shape index (κ1) is 5.84. The second-order valence-electron chi connectivity index (χ2n) is 1.11. The van der Waals surface area contributed by atoms with Crippen molar-refractivity contribution in [2.45, 2.75) is 0 Å². The zero-order valence-corrected chi connectivity index (χ0v) is 5.91. The van der Waals surface area contributed by atoms with Crippen LogP contribution < -0.4 is 5.84 Å². The molecule has 0 aromatic carbocycles. The van der Waals surface area contributed by atoms with Gasteiger partial charge in [0.2, 0.25) is 0 Å². The van der Waals surface area contributed by atoms with Crippen molar-refractivity contribution in [3.8, 4) is 0 Å². The first-order valence-electron chi connectivity index (χ1n) is 1.69. The van der Waals surface area contributed by atoms with Gasteiger partial charge in [0.1, 0.15) is 0 Å². The summed E-state index contributed by atoms with van der Waals surface area (Å²) in [5, 5.41) is 0. The zero-order chi connectivity index (χ0) is 5.28. The molecule has 0 aliphatic carbocycles. The normalized spacial score (nSPS) is 23.9. The Morgan fingerprint density at radius 1 is 1.86 bits per heavy atom. The van der Waals surface area contributed by atoms with Crippen molar-refractivity contribution in [2.75, 3.05) is 6.54 Å². The SMILES string of the molecule is NN1CC(=S)SS1. The van der Waals surface area contributed by atoms with Crippen molar-refractivity contribution >= 4 is 38.2 Å². The first-order chi connectivity index (χ1) is 3.29. The molecule has 0 spiro atoms. The molecule has 0 aromatic heterocycles. The highest BCUT2D eigenvalue weighted by Crippen LogP contribution is 2.31.